The molecular weight excluding hydrogens is 455 g/mol. The first kappa shape index (κ1) is 20.4. The molecule has 2 atom stereocenters. The van der Waals surface area contributed by atoms with Crippen molar-refractivity contribution in [2.75, 3.05) is 7.11 Å². The zero-order valence-corrected chi connectivity index (χ0v) is 19.3. The van der Waals surface area contributed by atoms with Crippen LogP contribution in [0.4, 0.5) is 0 Å². The smallest absolute Gasteiger partial charge is 0.213 e. The normalized spacial score (nSPS) is 19.0. The van der Waals surface area contributed by atoms with Crippen LogP contribution in [0.25, 0.3) is 10.8 Å². The lowest BCUT2D eigenvalue weighted by Gasteiger charge is -2.38. The summed E-state index contributed by atoms with van der Waals surface area (Å²) in [7, 11) is 1.66. The monoisotopic (exact) mass is 474 g/mol. The number of hydrazone groups is 1. The van der Waals surface area contributed by atoms with Crippen LogP contribution >= 0.6 is 23.2 Å². The standard InChI is InChI=1S/C27H20Cl2N2O2/c1-32-21-10-8-17(9-11-21)27-31-25(22-13-20(28)14-23(29)26(22)33-27)15-24(30-31)19-7-6-16-4-2-3-5-18(16)12-19/h2-14,25,27H,15H2,1H3. The van der Waals surface area contributed by atoms with Crippen LogP contribution in [0.5, 0.6) is 11.5 Å². The molecule has 4 nitrogen and oxygen atoms in total. The molecule has 2 aliphatic heterocycles. The topological polar surface area (TPSA) is 34.1 Å². The molecule has 0 fully saturated rings. The fourth-order valence-corrected chi connectivity index (χ4v) is 5.20. The summed E-state index contributed by atoms with van der Waals surface area (Å²) in [5.41, 5.74) is 4.04. The van der Waals surface area contributed by atoms with Crippen LogP contribution in [0.2, 0.25) is 10.0 Å². The molecule has 2 unspecified atom stereocenters. The van der Waals surface area contributed by atoms with E-state index < -0.39 is 6.23 Å². The average Bonchev–Trinajstić information content (AvgIpc) is 3.29. The molecule has 0 saturated carbocycles. The van der Waals surface area contributed by atoms with Crippen LogP contribution in [0.15, 0.2) is 84.0 Å². The Morgan fingerprint density at radius 3 is 2.52 bits per heavy atom. The van der Waals surface area contributed by atoms with E-state index in [2.05, 4.69) is 42.5 Å². The van der Waals surface area contributed by atoms with Crippen LogP contribution in [0.1, 0.15) is 35.4 Å². The second kappa shape index (κ2) is 7.98. The van der Waals surface area contributed by atoms with Gasteiger partial charge >= 0.3 is 0 Å². The summed E-state index contributed by atoms with van der Waals surface area (Å²) < 4.78 is 11.8. The lowest BCUT2D eigenvalue weighted by Crippen LogP contribution is -2.33. The van der Waals surface area contributed by atoms with E-state index in [0.717, 1.165) is 34.6 Å². The van der Waals surface area contributed by atoms with E-state index in [-0.39, 0.29) is 6.04 Å². The first-order valence-electron chi connectivity index (χ1n) is 10.8. The molecule has 0 amide bonds. The third kappa shape index (κ3) is 3.50. The minimum atomic E-state index is -0.412. The van der Waals surface area contributed by atoms with E-state index in [0.29, 0.717) is 15.8 Å². The Morgan fingerprint density at radius 1 is 0.939 bits per heavy atom. The molecule has 0 spiro atoms. The third-order valence-corrected chi connectivity index (χ3v) is 6.79. The van der Waals surface area contributed by atoms with Crippen molar-refractivity contribution in [1.82, 2.24) is 5.01 Å². The molecule has 6 rings (SSSR count). The SMILES string of the molecule is COc1ccc(C2Oc3c(Cl)cc(Cl)cc3C3CC(c4ccc5ccccc5c4)=NN32)cc1. The molecule has 0 radical (unpaired) electrons. The maximum Gasteiger partial charge on any atom is 0.213 e. The number of ether oxygens (including phenoxy) is 2. The molecule has 4 aromatic carbocycles. The van der Waals surface area contributed by atoms with Crippen molar-refractivity contribution in [3.05, 3.63) is 106 Å². The van der Waals surface area contributed by atoms with Gasteiger partial charge < -0.3 is 9.47 Å². The Bertz CT molecular complexity index is 1400. The highest BCUT2D eigenvalue weighted by atomic mass is 35.5. The molecule has 0 aromatic heterocycles. The first-order valence-corrected chi connectivity index (χ1v) is 11.5. The van der Waals surface area contributed by atoms with Crippen molar-refractivity contribution in [2.24, 2.45) is 5.10 Å². The van der Waals surface area contributed by atoms with Crippen molar-refractivity contribution < 1.29 is 9.47 Å². The lowest BCUT2D eigenvalue weighted by atomic mass is 9.95. The lowest BCUT2D eigenvalue weighted by molar-refractivity contribution is -0.0189. The van der Waals surface area contributed by atoms with Gasteiger partial charge in [-0.15, -0.1) is 0 Å². The minimum Gasteiger partial charge on any atom is -0.497 e. The van der Waals surface area contributed by atoms with Gasteiger partial charge in [0.2, 0.25) is 6.23 Å². The van der Waals surface area contributed by atoms with Gasteiger partial charge in [-0.3, -0.25) is 0 Å². The van der Waals surface area contributed by atoms with Crippen LogP contribution in [-0.2, 0) is 0 Å². The van der Waals surface area contributed by atoms with E-state index in [4.69, 9.17) is 37.8 Å². The molecule has 6 heteroatoms. The zero-order valence-electron chi connectivity index (χ0n) is 17.8. The van der Waals surface area contributed by atoms with Gasteiger partial charge in [-0.2, -0.15) is 5.10 Å². The van der Waals surface area contributed by atoms with E-state index >= 15 is 0 Å². The zero-order chi connectivity index (χ0) is 22.5. The average molecular weight is 475 g/mol. The number of hydrogen-bond acceptors (Lipinski definition) is 4. The number of halogens is 2. The van der Waals surface area contributed by atoms with Crippen LogP contribution in [0.3, 0.4) is 0 Å². The van der Waals surface area contributed by atoms with Gasteiger partial charge in [0.15, 0.2) is 0 Å². The van der Waals surface area contributed by atoms with Gasteiger partial charge in [0.1, 0.15) is 11.5 Å². The van der Waals surface area contributed by atoms with Crippen molar-refractivity contribution in [3.8, 4) is 11.5 Å². The highest BCUT2D eigenvalue weighted by Crippen LogP contribution is 2.51. The highest BCUT2D eigenvalue weighted by Gasteiger charge is 2.42. The van der Waals surface area contributed by atoms with E-state index in [9.17, 15) is 0 Å². The maximum atomic E-state index is 6.57. The van der Waals surface area contributed by atoms with Crippen molar-refractivity contribution in [2.45, 2.75) is 18.7 Å². The van der Waals surface area contributed by atoms with Crippen LogP contribution in [0, 0.1) is 0 Å². The molecular formula is C27H20Cl2N2O2. The molecule has 0 N–H and O–H groups in total. The summed E-state index contributed by atoms with van der Waals surface area (Å²) in [6.45, 7) is 0. The Labute approximate surface area is 201 Å². The number of nitrogens with zero attached hydrogens (tertiary/aromatic N) is 2. The Morgan fingerprint density at radius 2 is 1.73 bits per heavy atom. The predicted octanol–water partition coefficient (Wildman–Crippen LogP) is 7.40. The predicted molar refractivity (Wildman–Crippen MR) is 133 cm³/mol. The van der Waals surface area contributed by atoms with Gasteiger partial charge in [0, 0.05) is 22.6 Å². The fourth-order valence-electron chi connectivity index (χ4n) is 4.65. The summed E-state index contributed by atoms with van der Waals surface area (Å²) in [6, 6.07) is 26.3. The molecule has 2 heterocycles. The Kier molecular flexibility index (Phi) is 4.93. The maximum absolute atomic E-state index is 6.57. The van der Waals surface area contributed by atoms with Gasteiger partial charge in [-0.05, 0) is 58.8 Å². The van der Waals surface area contributed by atoms with Crippen molar-refractivity contribution in [1.29, 1.82) is 0 Å². The number of hydrogen-bond donors (Lipinski definition) is 0. The van der Waals surface area contributed by atoms with E-state index in [1.54, 1.807) is 13.2 Å². The number of rotatable bonds is 3. The molecule has 2 aliphatic rings. The number of fused-ring (bicyclic) bond motifs is 4. The second-order valence-corrected chi connectivity index (χ2v) is 9.10. The van der Waals surface area contributed by atoms with Gasteiger partial charge in [0.05, 0.1) is 23.9 Å². The van der Waals surface area contributed by atoms with Crippen molar-refractivity contribution >= 4 is 39.7 Å². The molecule has 0 bridgehead atoms. The quantitative estimate of drug-likeness (QED) is 0.310. The Balaban J connectivity index is 1.46. The molecule has 0 saturated heterocycles. The van der Waals surface area contributed by atoms with E-state index in [1.165, 1.54) is 10.8 Å². The van der Waals surface area contributed by atoms with Gasteiger partial charge in [0.25, 0.3) is 0 Å². The largest absolute Gasteiger partial charge is 0.497 e. The third-order valence-electron chi connectivity index (χ3n) is 6.29. The molecule has 164 valence electrons. The summed E-state index contributed by atoms with van der Waals surface area (Å²) in [5, 5.41) is 10.6. The summed E-state index contributed by atoms with van der Waals surface area (Å²) in [5.74, 6) is 1.45. The van der Waals surface area contributed by atoms with Crippen LogP contribution in [-0.4, -0.2) is 17.8 Å². The molecule has 33 heavy (non-hydrogen) atoms. The fraction of sp³-hybridized carbons (Fsp3) is 0.148. The highest BCUT2D eigenvalue weighted by molar-refractivity contribution is 6.35. The van der Waals surface area contributed by atoms with Gasteiger partial charge in [-0.25, -0.2) is 5.01 Å². The summed E-state index contributed by atoms with van der Waals surface area (Å²) >= 11 is 12.9. The minimum absolute atomic E-state index is 0.0291. The molecule has 0 aliphatic carbocycles. The summed E-state index contributed by atoms with van der Waals surface area (Å²) in [6.07, 6.45) is 0.322. The van der Waals surface area contributed by atoms with Crippen LogP contribution < -0.4 is 9.47 Å². The first-order chi connectivity index (χ1) is 16.1. The second-order valence-electron chi connectivity index (χ2n) is 8.26. The summed E-state index contributed by atoms with van der Waals surface area (Å²) in [4.78, 5) is 0. The Hall–Kier alpha value is -3.21. The van der Waals surface area contributed by atoms with E-state index in [1.807, 2.05) is 35.3 Å². The molecule has 4 aromatic rings. The van der Waals surface area contributed by atoms with Crippen molar-refractivity contribution in [3.63, 3.8) is 0 Å². The number of benzene rings is 4. The van der Waals surface area contributed by atoms with Gasteiger partial charge in [-0.1, -0.05) is 59.6 Å². The number of methoxy groups -OCH3 is 1.